The van der Waals surface area contributed by atoms with Gasteiger partial charge in [0, 0.05) is 22.9 Å². The van der Waals surface area contributed by atoms with Crippen LogP contribution in [0.5, 0.6) is 0 Å². The van der Waals surface area contributed by atoms with Gasteiger partial charge in [0.25, 0.3) is 0 Å². The van der Waals surface area contributed by atoms with Gasteiger partial charge in [-0.25, -0.2) is 4.39 Å². The lowest BCUT2D eigenvalue weighted by molar-refractivity contribution is -0.128. The summed E-state index contributed by atoms with van der Waals surface area (Å²) in [5.74, 6) is 0.728. The van der Waals surface area contributed by atoms with Crippen LogP contribution < -0.4 is 10.6 Å². The number of rotatable bonds is 7. The molecule has 7 heteroatoms. The summed E-state index contributed by atoms with van der Waals surface area (Å²) in [7, 11) is 0. The van der Waals surface area contributed by atoms with Crippen molar-refractivity contribution >= 4 is 35.3 Å². The van der Waals surface area contributed by atoms with Crippen molar-refractivity contribution in [2.75, 3.05) is 18.1 Å². The van der Waals surface area contributed by atoms with E-state index in [0.29, 0.717) is 18.7 Å². The van der Waals surface area contributed by atoms with E-state index in [4.69, 9.17) is 0 Å². The molecule has 2 N–H and O–H groups in total. The Balaban J connectivity index is 1.39. The number of aryl methyl sites for hydroxylation is 1. The van der Waals surface area contributed by atoms with Crippen LogP contribution in [0.3, 0.4) is 0 Å². The number of halogens is 1. The Morgan fingerprint density at radius 2 is 1.93 bits per heavy atom. The van der Waals surface area contributed by atoms with Crippen molar-refractivity contribution in [1.29, 1.82) is 0 Å². The molecule has 4 nitrogen and oxygen atoms in total. The van der Waals surface area contributed by atoms with Gasteiger partial charge in [0.2, 0.25) is 11.8 Å². The van der Waals surface area contributed by atoms with Crippen molar-refractivity contribution in [1.82, 2.24) is 10.6 Å². The van der Waals surface area contributed by atoms with Crippen LogP contribution in [0.15, 0.2) is 53.4 Å². The third kappa shape index (κ3) is 6.01. The highest BCUT2D eigenvalue weighted by atomic mass is 32.2. The average molecular weight is 419 g/mol. The van der Waals surface area contributed by atoms with E-state index in [-0.39, 0.29) is 22.9 Å². The van der Waals surface area contributed by atoms with Crippen molar-refractivity contribution in [2.24, 2.45) is 0 Å². The Morgan fingerprint density at radius 1 is 1.21 bits per heavy atom. The molecule has 0 aromatic heterocycles. The largest absolute Gasteiger partial charge is 0.353 e. The summed E-state index contributed by atoms with van der Waals surface area (Å²) < 4.78 is 13.0. The first-order valence-electron chi connectivity index (χ1n) is 9.15. The molecule has 2 atom stereocenters. The van der Waals surface area contributed by atoms with Gasteiger partial charge in [-0.3, -0.25) is 9.59 Å². The number of carbonyl (C=O) groups excluding carboxylic acids is 2. The van der Waals surface area contributed by atoms with Gasteiger partial charge in [0.05, 0.1) is 5.25 Å². The van der Waals surface area contributed by atoms with Crippen LogP contribution in [0.4, 0.5) is 4.39 Å². The van der Waals surface area contributed by atoms with E-state index in [9.17, 15) is 14.0 Å². The lowest BCUT2D eigenvalue weighted by Gasteiger charge is -2.28. The van der Waals surface area contributed by atoms with Crippen molar-refractivity contribution < 1.29 is 14.0 Å². The Bertz CT molecular complexity index is 812. The van der Waals surface area contributed by atoms with Crippen molar-refractivity contribution in [3.8, 4) is 0 Å². The van der Waals surface area contributed by atoms with Gasteiger partial charge in [-0.15, -0.1) is 23.5 Å². The highest BCUT2D eigenvalue weighted by Gasteiger charge is 2.32. The molecule has 0 aliphatic carbocycles. The molecule has 2 amide bonds. The van der Waals surface area contributed by atoms with Crippen molar-refractivity contribution in [3.63, 3.8) is 0 Å². The molecule has 1 heterocycles. The summed E-state index contributed by atoms with van der Waals surface area (Å²) in [4.78, 5) is 25.8. The number of hydrogen-bond donors (Lipinski definition) is 2. The smallest absolute Gasteiger partial charge is 0.243 e. The molecule has 0 unspecified atom stereocenters. The van der Waals surface area contributed by atoms with Gasteiger partial charge in [0.15, 0.2) is 0 Å². The third-order valence-electron chi connectivity index (χ3n) is 4.41. The Kier molecular flexibility index (Phi) is 7.39. The standard InChI is InChI=1S/C21H23FN2O2S2/c1-14-2-8-17(9-3-14)27-11-10-23-20(25)18-13-28-19(21(26)24-18)12-15-4-6-16(22)7-5-15/h2-9,18-19H,10-13H2,1H3,(H,23,25)(H,24,26)/t18-,19-/m0/s1. The Labute approximate surface area is 173 Å². The van der Waals surface area contributed by atoms with Gasteiger partial charge in [0.1, 0.15) is 11.9 Å². The molecular weight excluding hydrogens is 395 g/mol. The van der Waals surface area contributed by atoms with Crippen LogP contribution in [0.2, 0.25) is 0 Å². The highest BCUT2D eigenvalue weighted by molar-refractivity contribution is 8.00. The van der Waals surface area contributed by atoms with E-state index in [0.717, 1.165) is 11.3 Å². The van der Waals surface area contributed by atoms with Gasteiger partial charge in [-0.05, 0) is 43.2 Å². The number of carbonyl (C=O) groups is 2. The van der Waals surface area contributed by atoms with Crippen LogP contribution in [-0.2, 0) is 16.0 Å². The SMILES string of the molecule is Cc1ccc(SCCNC(=O)[C@@H]2CS[C@@H](Cc3ccc(F)cc3)C(=O)N2)cc1. The maximum absolute atomic E-state index is 13.0. The molecule has 2 aromatic carbocycles. The molecule has 2 aromatic rings. The molecule has 148 valence electrons. The molecular formula is C21H23FN2O2S2. The summed E-state index contributed by atoms with van der Waals surface area (Å²) in [6, 6.07) is 13.9. The van der Waals surface area contributed by atoms with Crippen LogP contribution in [0.1, 0.15) is 11.1 Å². The first-order valence-corrected chi connectivity index (χ1v) is 11.2. The van der Waals surface area contributed by atoms with Crippen LogP contribution in [-0.4, -0.2) is 41.2 Å². The lowest BCUT2D eigenvalue weighted by Crippen LogP contribution is -2.54. The normalized spacial score (nSPS) is 19.1. The number of benzene rings is 2. The maximum Gasteiger partial charge on any atom is 0.243 e. The van der Waals surface area contributed by atoms with Gasteiger partial charge < -0.3 is 10.6 Å². The summed E-state index contributed by atoms with van der Waals surface area (Å²) in [6.45, 7) is 2.60. The first kappa shape index (κ1) is 20.7. The van der Waals surface area contributed by atoms with Crippen LogP contribution in [0.25, 0.3) is 0 Å². The molecule has 3 rings (SSSR count). The molecule has 1 aliphatic heterocycles. The van der Waals surface area contributed by atoms with E-state index in [2.05, 4.69) is 41.8 Å². The number of amides is 2. The number of thioether (sulfide) groups is 2. The first-order chi connectivity index (χ1) is 13.5. The van der Waals surface area contributed by atoms with E-state index < -0.39 is 6.04 Å². The second kappa shape index (κ2) is 9.98. The average Bonchev–Trinajstić information content (AvgIpc) is 2.69. The Hall–Kier alpha value is -1.99. The fourth-order valence-electron chi connectivity index (χ4n) is 2.82. The number of nitrogens with one attached hydrogen (secondary N) is 2. The minimum Gasteiger partial charge on any atom is -0.353 e. The quantitative estimate of drug-likeness (QED) is 0.536. The van der Waals surface area contributed by atoms with E-state index in [1.807, 2.05) is 0 Å². The zero-order valence-electron chi connectivity index (χ0n) is 15.6. The summed E-state index contributed by atoms with van der Waals surface area (Å²) in [5.41, 5.74) is 2.13. The molecule has 0 radical (unpaired) electrons. The van der Waals surface area contributed by atoms with E-state index in [1.165, 1.54) is 34.4 Å². The van der Waals surface area contributed by atoms with Gasteiger partial charge >= 0.3 is 0 Å². The Morgan fingerprint density at radius 3 is 2.61 bits per heavy atom. The molecule has 0 bridgehead atoms. The molecule has 1 fully saturated rings. The van der Waals surface area contributed by atoms with Crippen molar-refractivity contribution in [3.05, 3.63) is 65.5 Å². The summed E-state index contributed by atoms with van der Waals surface area (Å²) in [5, 5.41) is 5.45. The number of hydrogen-bond acceptors (Lipinski definition) is 4. The fraction of sp³-hybridized carbons (Fsp3) is 0.333. The molecule has 28 heavy (non-hydrogen) atoms. The van der Waals surface area contributed by atoms with Gasteiger partial charge in [-0.2, -0.15) is 0 Å². The van der Waals surface area contributed by atoms with Gasteiger partial charge in [-0.1, -0.05) is 29.8 Å². The monoisotopic (exact) mass is 418 g/mol. The highest BCUT2D eigenvalue weighted by Crippen LogP contribution is 2.22. The topological polar surface area (TPSA) is 58.2 Å². The molecule has 0 saturated carbocycles. The minimum absolute atomic E-state index is 0.144. The van der Waals surface area contributed by atoms with Crippen LogP contribution in [0, 0.1) is 12.7 Å². The molecule has 1 saturated heterocycles. The summed E-state index contributed by atoms with van der Waals surface area (Å²) >= 11 is 3.16. The van der Waals surface area contributed by atoms with Crippen molar-refractivity contribution in [2.45, 2.75) is 29.5 Å². The van der Waals surface area contributed by atoms with E-state index in [1.54, 1.807) is 23.9 Å². The predicted octanol–water partition coefficient (Wildman–Crippen LogP) is 3.19. The minimum atomic E-state index is -0.508. The van der Waals surface area contributed by atoms with Crippen LogP contribution >= 0.6 is 23.5 Å². The second-order valence-electron chi connectivity index (χ2n) is 6.67. The zero-order chi connectivity index (χ0) is 19.9. The zero-order valence-corrected chi connectivity index (χ0v) is 17.2. The maximum atomic E-state index is 13.0. The molecule has 1 aliphatic rings. The molecule has 0 spiro atoms. The lowest BCUT2D eigenvalue weighted by atomic mass is 10.1. The predicted molar refractivity (Wildman–Crippen MR) is 113 cm³/mol. The third-order valence-corrected chi connectivity index (χ3v) is 6.74. The fourth-order valence-corrected chi connectivity index (χ4v) is 4.78. The summed E-state index contributed by atoms with van der Waals surface area (Å²) in [6.07, 6.45) is 0.526. The van der Waals surface area contributed by atoms with E-state index >= 15 is 0 Å². The second-order valence-corrected chi connectivity index (χ2v) is 9.07.